The number of aliphatic hydroxyl groups excluding tert-OH is 1. The van der Waals surface area contributed by atoms with Crippen LogP contribution in [0, 0.1) is 0 Å². The van der Waals surface area contributed by atoms with Gasteiger partial charge in [0.15, 0.2) is 0 Å². The van der Waals surface area contributed by atoms with Crippen LogP contribution in [0.15, 0.2) is 24.1 Å². The van der Waals surface area contributed by atoms with Crippen molar-refractivity contribution in [3.05, 3.63) is 24.1 Å². The molecule has 0 bridgehead atoms. The van der Waals surface area contributed by atoms with Gasteiger partial charge in [0.2, 0.25) is 0 Å². The lowest BCUT2D eigenvalue weighted by Gasteiger charge is -2.10. The minimum absolute atomic E-state index is 0.0394. The van der Waals surface area contributed by atoms with Crippen molar-refractivity contribution in [1.82, 2.24) is 5.32 Å². The SMILES string of the molecule is O=C(O)C1C=CC(O)=CN1. The first kappa shape index (κ1) is 6.67. The normalized spacial score (nSPS) is 23.2. The number of dihydropyridines is 1. The van der Waals surface area contributed by atoms with E-state index in [1.54, 1.807) is 0 Å². The van der Waals surface area contributed by atoms with Gasteiger partial charge in [-0.05, 0) is 12.2 Å². The van der Waals surface area contributed by atoms with Gasteiger partial charge in [-0.1, -0.05) is 0 Å². The zero-order valence-electron chi connectivity index (χ0n) is 5.11. The number of nitrogens with one attached hydrogen (secondary N) is 1. The highest BCUT2D eigenvalue weighted by atomic mass is 16.4. The highest BCUT2D eigenvalue weighted by Crippen LogP contribution is 1.99. The molecule has 0 aromatic rings. The number of carboxylic acid groups (broad SMARTS) is 1. The summed E-state index contributed by atoms with van der Waals surface area (Å²) < 4.78 is 0. The quantitative estimate of drug-likeness (QED) is 0.480. The van der Waals surface area contributed by atoms with Crippen molar-refractivity contribution >= 4 is 5.97 Å². The molecule has 0 radical (unpaired) electrons. The molecule has 0 saturated carbocycles. The third kappa shape index (κ3) is 1.28. The second-order valence-electron chi connectivity index (χ2n) is 1.91. The van der Waals surface area contributed by atoms with E-state index in [0.29, 0.717) is 0 Å². The Bertz CT molecular complexity index is 207. The Morgan fingerprint density at radius 2 is 2.40 bits per heavy atom. The van der Waals surface area contributed by atoms with E-state index < -0.39 is 12.0 Å². The molecular formula is C6H7NO3. The molecule has 0 amide bonds. The van der Waals surface area contributed by atoms with Gasteiger partial charge in [-0.25, -0.2) is 4.79 Å². The lowest BCUT2D eigenvalue weighted by molar-refractivity contribution is -0.137. The minimum Gasteiger partial charge on any atom is -0.506 e. The van der Waals surface area contributed by atoms with Crippen molar-refractivity contribution in [2.45, 2.75) is 6.04 Å². The van der Waals surface area contributed by atoms with E-state index in [1.165, 1.54) is 18.4 Å². The second kappa shape index (κ2) is 2.43. The lowest BCUT2D eigenvalue weighted by atomic mass is 10.2. The first-order valence-electron chi connectivity index (χ1n) is 2.76. The van der Waals surface area contributed by atoms with E-state index in [9.17, 15) is 4.79 Å². The predicted octanol–water partition coefficient (Wildman–Crippen LogP) is -0.00160. The van der Waals surface area contributed by atoms with E-state index in [2.05, 4.69) is 5.32 Å². The summed E-state index contributed by atoms with van der Waals surface area (Å²) in [5.41, 5.74) is 0. The number of rotatable bonds is 1. The summed E-state index contributed by atoms with van der Waals surface area (Å²) >= 11 is 0. The van der Waals surface area contributed by atoms with Crippen LogP contribution in [0.4, 0.5) is 0 Å². The van der Waals surface area contributed by atoms with Gasteiger partial charge in [0.05, 0.1) is 0 Å². The maximum atomic E-state index is 10.2. The van der Waals surface area contributed by atoms with Crippen LogP contribution in [0.5, 0.6) is 0 Å². The topological polar surface area (TPSA) is 69.6 Å². The number of hydrogen-bond donors (Lipinski definition) is 3. The summed E-state index contributed by atoms with van der Waals surface area (Å²) in [5, 5.41) is 19.6. The zero-order chi connectivity index (χ0) is 7.56. The van der Waals surface area contributed by atoms with Crippen molar-refractivity contribution in [3.8, 4) is 0 Å². The summed E-state index contributed by atoms with van der Waals surface area (Å²) in [6.45, 7) is 0. The van der Waals surface area contributed by atoms with Gasteiger partial charge in [-0.3, -0.25) is 0 Å². The molecule has 4 nitrogen and oxygen atoms in total. The lowest BCUT2D eigenvalue weighted by Crippen LogP contribution is -2.32. The van der Waals surface area contributed by atoms with Crippen LogP contribution < -0.4 is 5.32 Å². The molecule has 10 heavy (non-hydrogen) atoms. The molecule has 1 aliphatic heterocycles. The maximum absolute atomic E-state index is 10.2. The summed E-state index contributed by atoms with van der Waals surface area (Å²) in [4.78, 5) is 10.2. The van der Waals surface area contributed by atoms with Crippen molar-refractivity contribution in [2.24, 2.45) is 0 Å². The van der Waals surface area contributed by atoms with E-state index >= 15 is 0 Å². The monoisotopic (exact) mass is 141 g/mol. The van der Waals surface area contributed by atoms with Gasteiger partial charge in [0.1, 0.15) is 11.8 Å². The largest absolute Gasteiger partial charge is 0.506 e. The Labute approximate surface area is 57.5 Å². The Balaban J connectivity index is 2.60. The van der Waals surface area contributed by atoms with Crippen molar-refractivity contribution in [3.63, 3.8) is 0 Å². The first-order valence-corrected chi connectivity index (χ1v) is 2.76. The molecule has 0 aromatic carbocycles. The molecule has 1 rings (SSSR count). The zero-order valence-corrected chi connectivity index (χ0v) is 5.11. The number of carbonyl (C=O) groups is 1. The Kier molecular flexibility index (Phi) is 1.62. The van der Waals surface area contributed by atoms with Crippen LogP contribution in [-0.2, 0) is 4.79 Å². The van der Waals surface area contributed by atoms with Gasteiger partial charge in [-0.2, -0.15) is 0 Å². The summed E-state index contributed by atoms with van der Waals surface area (Å²) in [7, 11) is 0. The number of carboxylic acids is 1. The van der Waals surface area contributed by atoms with Gasteiger partial charge < -0.3 is 15.5 Å². The van der Waals surface area contributed by atoms with E-state index in [4.69, 9.17) is 10.2 Å². The van der Waals surface area contributed by atoms with Gasteiger partial charge in [0, 0.05) is 6.20 Å². The second-order valence-corrected chi connectivity index (χ2v) is 1.91. The Morgan fingerprint density at radius 1 is 1.70 bits per heavy atom. The number of allylic oxidation sites excluding steroid dienone is 1. The number of aliphatic carboxylic acids is 1. The average Bonchev–Trinajstić information content (AvgIpc) is 1.88. The standard InChI is InChI=1S/C6H7NO3/c8-4-1-2-5(6(9)10)7-3-4/h1-3,5,7-8H,(H,9,10). The molecule has 0 spiro atoms. The van der Waals surface area contributed by atoms with Crippen LogP contribution in [0.2, 0.25) is 0 Å². The summed E-state index contributed by atoms with van der Waals surface area (Å²) in [6, 6.07) is -0.712. The summed E-state index contributed by atoms with van der Waals surface area (Å²) in [5.74, 6) is -0.919. The molecule has 3 N–H and O–H groups in total. The van der Waals surface area contributed by atoms with Crippen molar-refractivity contribution in [2.75, 3.05) is 0 Å². The number of hydrogen-bond acceptors (Lipinski definition) is 3. The van der Waals surface area contributed by atoms with Gasteiger partial charge in [-0.15, -0.1) is 0 Å². The van der Waals surface area contributed by atoms with Crippen LogP contribution in [0.3, 0.4) is 0 Å². The fourth-order valence-electron chi connectivity index (χ4n) is 0.627. The third-order valence-electron chi connectivity index (χ3n) is 1.14. The van der Waals surface area contributed by atoms with Crippen molar-refractivity contribution < 1.29 is 15.0 Å². The van der Waals surface area contributed by atoms with Gasteiger partial charge in [0.25, 0.3) is 0 Å². The fourth-order valence-corrected chi connectivity index (χ4v) is 0.627. The van der Waals surface area contributed by atoms with Crippen LogP contribution in [0.1, 0.15) is 0 Å². The molecule has 4 heteroatoms. The minimum atomic E-state index is -0.958. The smallest absolute Gasteiger partial charge is 0.330 e. The fraction of sp³-hybridized carbons (Fsp3) is 0.167. The van der Waals surface area contributed by atoms with Crippen LogP contribution in [0.25, 0.3) is 0 Å². The summed E-state index contributed by atoms with van der Waals surface area (Å²) in [6.07, 6.45) is 3.96. The molecule has 0 fully saturated rings. The Morgan fingerprint density at radius 3 is 2.80 bits per heavy atom. The highest BCUT2D eigenvalue weighted by Gasteiger charge is 2.13. The highest BCUT2D eigenvalue weighted by molar-refractivity contribution is 5.76. The molecule has 1 unspecified atom stereocenters. The van der Waals surface area contributed by atoms with Crippen LogP contribution in [-0.4, -0.2) is 22.2 Å². The third-order valence-corrected chi connectivity index (χ3v) is 1.14. The van der Waals surface area contributed by atoms with E-state index in [0.717, 1.165) is 0 Å². The maximum Gasteiger partial charge on any atom is 0.330 e. The van der Waals surface area contributed by atoms with E-state index in [1.807, 2.05) is 0 Å². The molecule has 0 aliphatic carbocycles. The van der Waals surface area contributed by atoms with Crippen LogP contribution >= 0.6 is 0 Å². The van der Waals surface area contributed by atoms with Gasteiger partial charge >= 0.3 is 5.97 Å². The average molecular weight is 141 g/mol. The molecule has 54 valence electrons. The molecular weight excluding hydrogens is 134 g/mol. The number of aliphatic hydroxyl groups is 1. The molecule has 0 aromatic heterocycles. The molecule has 1 aliphatic rings. The predicted molar refractivity (Wildman–Crippen MR) is 34.4 cm³/mol. The van der Waals surface area contributed by atoms with E-state index in [-0.39, 0.29) is 5.76 Å². The van der Waals surface area contributed by atoms with Crippen molar-refractivity contribution in [1.29, 1.82) is 0 Å². The Hall–Kier alpha value is -1.45. The molecule has 1 heterocycles. The first-order chi connectivity index (χ1) is 4.70. The molecule has 1 atom stereocenters. The molecule has 0 saturated heterocycles.